The lowest BCUT2D eigenvalue weighted by Gasteiger charge is -2.63. The summed E-state index contributed by atoms with van der Waals surface area (Å²) < 4.78 is 69.3. The normalized spacial score (nSPS) is 44.7. The van der Waals surface area contributed by atoms with Crippen molar-refractivity contribution in [3.63, 3.8) is 0 Å². The summed E-state index contributed by atoms with van der Waals surface area (Å²) in [5, 5.41) is 22.8. The van der Waals surface area contributed by atoms with Crippen LogP contribution in [-0.4, -0.2) is 126 Å². The second-order valence-corrected chi connectivity index (χ2v) is 19.4. The van der Waals surface area contributed by atoms with Gasteiger partial charge in [-0.05, 0) is 102 Å². The molecule has 3 aliphatic heterocycles. The quantitative estimate of drug-likeness (QED) is 0.223. The molecule has 0 amide bonds. The van der Waals surface area contributed by atoms with Crippen molar-refractivity contribution in [1.82, 2.24) is 4.90 Å². The smallest absolute Gasteiger partial charge is 0.337 e. The number of alkyl halides is 2. The van der Waals surface area contributed by atoms with Crippen LogP contribution in [0.2, 0.25) is 0 Å². The first-order valence-corrected chi connectivity index (χ1v) is 21.0. The third-order valence-electron chi connectivity index (χ3n) is 16.2. The van der Waals surface area contributed by atoms with Crippen LogP contribution in [0.5, 0.6) is 11.5 Å². The van der Waals surface area contributed by atoms with Crippen molar-refractivity contribution in [2.24, 2.45) is 28.6 Å². The molecule has 1 aromatic rings. The lowest BCUT2D eigenvalue weighted by atomic mass is 9.44. The van der Waals surface area contributed by atoms with Gasteiger partial charge in [0.1, 0.15) is 31.6 Å². The molecule has 8 unspecified atom stereocenters. The number of allylic oxidation sites excluding steroid dienone is 4. The molecule has 3 saturated carbocycles. The number of hydrogen-bond donors (Lipinski definition) is 2. The van der Waals surface area contributed by atoms with E-state index in [0.29, 0.717) is 5.75 Å². The number of esters is 2. The van der Waals surface area contributed by atoms with E-state index < -0.39 is 119 Å². The van der Waals surface area contributed by atoms with Crippen molar-refractivity contribution < 1.29 is 66.6 Å². The summed E-state index contributed by atoms with van der Waals surface area (Å²) in [4.78, 5) is 55.0. The molecule has 0 radical (unpaired) electrons. The molecular formula is C45H51F2NO12. The van der Waals surface area contributed by atoms with Gasteiger partial charge in [0.25, 0.3) is 0 Å². The van der Waals surface area contributed by atoms with Gasteiger partial charge in [-0.2, -0.15) is 0 Å². The fourth-order valence-corrected chi connectivity index (χ4v) is 13.8. The van der Waals surface area contributed by atoms with Gasteiger partial charge in [0, 0.05) is 39.7 Å². The fourth-order valence-electron chi connectivity index (χ4n) is 13.8. The standard InChI is InChI=1S/C45H51F2NO12/c1-40(2)59-34-17-25-26-16-28(46)27-15-23(49)10-11-41(27,3)44(26,47)32(51)18-42(25,4)45(34,60-40)33(52)19-56-35(53)20-55-21-36(54)57-31-9-6-22-14-29-24-7-8-30(50)39-43(24,12-13-48(29)5)37(22)38(31)58-39/h6-11,15,24-26,28-30,32,34,39,50-51H,12-14,16-21H2,1-5H3/t24?,25?,26?,28-,29+,30?,32-,34?,39-,41?,42?,43-,44-,45?/m0/s1. The molecule has 0 aromatic heterocycles. The number of carbonyl (C=O) groups is 4. The van der Waals surface area contributed by atoms with E-state index in [1.165, 1.54) is 19.1 Å². The number of benzene rings is 1. The predicted molar refractivity (Wildman–Crippen MR) is 205 cm³/mol. The summed E-state index contributed by atoms with van der Waals surface area (Å²) >= 11 is 0. The minimum absolute atomic E-state index is 0.00729. The minimum atomic E-state index is -2.37. The summed E-state index contributed by atoms with van der Waals surface area (Å²) in [5.41, 5.74) is -5.40. The molecule has 10 rings (SSSR count). The highest BCUT2D eigenvalue weighted by atomic mass is 19.1. The summed E-state index contributed by atoms with van der Waals surface area (Å²) in [5.74, 6) is -5.12. The number of piperidine rings is 1. The average molecular weight is 836 g/mol. The molecule has 2 saturated heterocycles. The number of aliphatic hydroxyl groups excluding tert-OH is 2. The van der Waals surface area contributed by atoms with Crippen molar-refractivity contribution in [2.75, 3.05) is 33.4 Å². The van der Waals surface area contributed by atoms with Crippen molar-refractivity contribution in [2.45, 2.75) is 119 Å². The number of likely N-dealkylation sites (N-methyl/N-ethyl adjacent to an activating group) is 1. The highest BCUT2D eigenvalue weighted by Gasteiger charge is 2.81. The van der Waals surface area contributed by atoms with Crippen molar-refractivity contribution in [3.8, 4) is 11.5 Å². The second kappa shape index (κ2) is 13.1. The van der Waals surface area contributed by atoms with E-state index in [4.69, 9.17) is 28.4 Å². The first-order valence-electron chi connectivity index (χ1n) is 21.0. The first kappa shape index (κ1) is 40.2. The number of rotatable bonds is 8. The Balaban J connectivity index is 0.807. The third-order valence-corrected chi connectivity index (χ3v) is 16.2. The molecule has 60 heavy (non-hydrogen) atoms. The molecular weight excluding hydrogens is 784 g/mol. The maximum Gasteiger partial charge on any atom is 0.337 e. The Labute approximate surface area is 346 Å². The van der Waals surface area contributed by atoms with Gasteiger partial charge in [0.15, 0.2) is 40.9 Å². The van der Waals surface area contributed by atoms with Crippen LogP contribution in [0.4, 0.5) is 8.78 Å². The Morgan fingerprint density at radius 3 is 2.57 bits per heavy atom. The lowest BCUT2D eigenvalue weighted by molar-refractivity contribution is -0.249. The number of Topliss-reactive ketones (excluding diaryl/α,β-unsaturated/α-hetero) is 1. The molecule has 15 heteroatoms. The van der Waals surface area contributed by atoms with Crippen molar-refractivity contribution in [1.29, 1.82) is 0 Å². The summed E-state index contributed by atoms with van der Waals surface area (Å²) in [6.45, 7) is 5.24. The Bertz CT molecular complexity index is 2190. The van der Waals surface area contributed by atoms with Gasteiger partial charge in [-0.1, -0.05) is 31.2 Å². The van der Waals surface area contributed by atoms with Crippen LogP contribution < -0.4 is 9.47 Å². The number of carbonyl (C=O) groups excluding carboxylic acids is 4. The number of fused-ring (bicyclic) bond motifs is 7. The topological polar surface area (TPSA) is 167 Å². The van der Waals surface area contributed by atoms with Gasteiger partial charge in [-0.25, -0.2) is 18.4 Å². The molecule has 322 valence electrons. The third kappa shape index (κ3) is 5.10. The predicted octanol–water partition coefficient (Wildman–Crippen LogP) is 3.35. The summed E-state index contributed by atoms with van der Waals surface area (Å²) in [7, 11) is 2.11. The number of hydrogen-bond acceptors (Lipinski definition) is 13. The Morgan fingerprint density at radius 1 is 1.02 bits per heavy atom. The molecule has 5 fully saturated rings. The van der Waals surface area contributed by atoms with Gasteiger partial charge in [-0.3, -0.25) is 9.59 Å². The van der Waals surface area contributed by atoms with Crippen LogP contribution in [0.25, 0.3) is 0 Å². The molecule has 3 heterocycles. The van der Waals surface area contributed by atoms with Crippen LogP contribution in [-0.2, 0) is 50.0 Å². The van der Waals surface area contributed by atoms with E-state index in [-0.39, 0.29) is 42.5 Å². The molecule has 6 aliphatic carbocycles. The van der Waals surface area contributed by atoms with E-state index in [1.807, 2.05) is 6.07 Å². The van der Waals surface area contributed by atoms with E-state index in [0.717, 1.165) is 36.6 Å². The molecule has 13 nitrogen and oxygen atoms in total. The van der Waals surface area contributed by atoms with Crippen molar-refractivity contribution in [3.05, 3.63) is 59.2 Å². The zero-order valence-electron chi connectivity index (χ0n) is 34.3. The number of halogens is 2. The van der Waals surface area contributed by atoms with E-state index in [2.05, 4.69) is 18.0 Å². The molecule has 2 bridgehead atoms. The number of likely N-dealkylation sites (tertiary alicyclic amines) is 1. The van der Waals surface area contributed by atoms with E-state index >= 15 is 8.78 Å². The SMILES string of the molecule is CN1CC[C@]23c4c5ccc(OC(=O)COCC(=O)OCC(=O)C67OC(C)(C)OC6CC6C8C[C@H](F)C9=CC(=O)C=CC9(C)[C@@]8(F)[C@@H](O)CC67C)c4O[C@H]2C(O)C=CC3[C@H]1C5. The number of nitrogens with zero attached hydrogens (tertiary/aromatic N) is 1. The maximum absolute atomic E-state index is 17.7. The van der Waals surface area contributed by atoms with Crippen LogP contribution in [0.1, 0.15) is 64.5 Å². The molecule has 9 aliphatic rings. The highest BCUT2D eigenvalue weighted by molar-refractivity contribution is 6.01. The largest absolute Gasteiger partial charge is 0.482 e. The van der Waals surface area contributed by atoms with Gasteiger partial charge < -0.3 is 43.5 Å². The van der Waals surface area contributed by atoms with Crippen LogP contribution in [0.15, 0.2) is 48.1 Å². The van der Waals surface area contributed by atoms with Crippen LogP contribution in [0.3, 0.4) is 0 Å². The van der Waals surface area contributed by atoms with Gasteiger partial charge >= 0.3 is 11.9 Å². The molecule has 1 spiro atoms. The zero-order chi connectivity index (χ0) is 42.5. The maximum atomic E-state index is 17.7. The number of aliphatic hydroxyl groups is 2. The van der Waals surface area contributed by atoms with E-state index in [9.17, 15) is 29.4 Å². The molecule has 2 N–H and O–H groups in total. The lowest BCUT2D eigenvalue weighted by Crippen LogP contribution is -2.71. The first-order chi connectivity index (χ1) is 28.3. The average Bonchev–Trinajstić information content (AvgIpc) is 3.77. The van der Waals surface area contributed by atoms with Gasteiger partial charge in [0.05, 0.1) is 12.2 Å². The molecule has 14 atom stereocenters. The van der Waals surface area contributed by atoms with Gasteiger partial charge in [0.2, 0.25) is 5.78 Å². The number of ether oxygens (including phenoxy) is 6. The Kier molecular flexibility index (Phi) is 8.77. The van der Waals surface area contributed by atoms with Crippen molar-refractivity contribution >= 4 is 23.5 Å². The molecule has 1 aromatic carbocycles. The highest BCUT2D eigenvalue weighted by Crippen LogP contribution is 2.72. The van der Waals surface area contributed by atoms with Crippen LogP contribution >= 0.6 is 0 Å². The monoisotopic (exact) mass is 835 g/mol. The number of ketones is 2. The second-order valence-electron chi connectivity index (χ2n) is 19.4. The Morgan fingerprint density at radius 2 is 1.78 bits per heavy atom. The fraction of sp³-hybridized carbons (Fsp3) is 0.644. The van der Waals surface area contributed by atoms with Crippen LogP contribution in [0, 0.1) is 28.6 Å². The summed E-state index contributed by atoms with van der Waals surface area (Å²) in [6.07, 6.45) is 3.10. The van der Waals surface area contributed by atoms with E-state index in [1.54, 1.807) is 32.9 Å². The Hall–Kier alpha value is -3.86. The van der Waals surface area contributed by atoms with Gasteiger partial charge in [-0.15, -0.1) is 0 Å². The summed E-state index contributed by atoms with van der Waals surface area (Å²) in [6, 6.07) is 3.88. The minimum Gasteiger partial charge on any atom is -0.482 e. The zero-order valence-corrected chi connectivity index (χ0v) is 34.3.